The summed E-state index contributed by atoms with van der Waals surface area (Å²) in [5, 5.41) is 11.4. The number of benzene rings is 2. The second-order valence-corrected chi connectivity index (χ2v) is 4.67. The van der Waals surface area contributed by atoms with Crippen molar-refractivity contribution in [1.29, 1.82) is 0 Å². The van der Waals surface area contributed by atoms with Gasteiger partial charge in [-0.25, -0.2) is 4.99 Å². The number of nitrogens with two attached hydrogens (primary N) is 1. The SMILES string of the molecule is NC1=Nc2cc(Cl)ccc2C1(O)c1ccccc1. The zero-order valence-electron chi connectivity index (χ0n) is 9.47. The third-order valence-electron chi connectivity index (χ3n) is 3.15. The fraction of sp³-hybridized carbons (Fsp3) is 0.0714. The standard InChI is InChI=1S/C14H11ClN2O/c15-10-6-7-11-12(8-10)17-13(16)14(11,18)9-4-2-1-3-5-9/h1-8,18H,(H2,16,17). The zero-order chi connectivity index (χ0) is 12.8. The molecule has 0 radical (unpaired) electrons. The lowest BCUT2D eigenvalue weighted by molar-refractivity contribution is 0.158. The molecule has 0 saturated carbocycles. The van der Waals surface area contributed by atoms with Crippen molar-refractivity contribution >= 4 is 23.1 Å². The number of rotatable bonds is 1. The Morgan fingerprint density at radius 2 is 1.83 bits per heavy atom. The monoisotopic (exact) mass is 258 g/mol. The Bertz CT molecular complexity index is 639. The van der Waals surface area contributed by atoms with Crippen LogP contribution in [0.5, 0.6) is 0 Å². The van der Waals surface area contributed by atoms with Gasteiger partial charge in [0.2, 0.25) is 0 Å². The van der Waals surface area contributed by atoms with E-state index < -0.39 is 5.60 Å². The molecule has 2 aromatic rings. The van der Waals surface area contributed by atoms with Crippen LogP contribution in [0.2, 0.25) is 5.02 Å². The predicted molar refractivity (Wildman–Crippen MR) is 72.2 cm³/mol. The minimum absolute atomic E-state index is 0.172. The molecular weight excluding hydrogens is 248 g/mol. The molecule has 4 heteroatoms. The van der Waals surface area contributed by atoms with Crippen molar-refractivity contribution in [3.8, 4) is 0 Å². The summed E-state index contributed by atoms with van der Waals surface area (Å²) in [5.74, 6) is 0.172. The highest BCUT2D eigenvalue weighted by molar-refractivity contribution is 6.31. The normalized spacial score (nSPS) is 21.6. The van der Waals surface area contributed by atoms with Gasteiger partial charge in [0.05, 0.1) is 5.69 Å². The number of fused-ring (bicyclic) bond motifs is 1. The maximum atomic E-state index is 10.9. The molecule has 90 valence electrons. The zero-order valence-corrected chi connectivity index (χ0v) is 10.2. The largest absolute Gasteiger partial charge is 0.384 e. The van der Waals surface area contributed by atoms with E-state index in [2.05, 4.69) is 4.99 Å². The van der Waals surface area contributed by atoms with Crippen molar-refractivity contribution in [3.63, 3.8) is 0 Å². The number of aliphatic hydroxyl groups is 1. The molecule has 1 unspecified atom stereocenters. The molecule has 1 heterocycles. The van der Waals surface area contributed by atoms with Crippen LogP contribution < -0.4 is 5.73 Å². The van der Waals surface area contributed by atoms with Gasteiger partial charge in [0.1, 0.15) is 5.84 Å². The Morgan fingerprint density at radius 3 is 2.56 bits per heavy atom. The molecule has 3 nitrogen and oxygen atoms in total. The van der Waals surface area contributed by atoms with E-state index in [0.717, 1.165) is 0 Å². The fourth-order valence-electron chi connectivity index (χ4n) is 2.23. The molecule has 0 amide bonds. The first-order valence-electron chi connectivity index (χ1n) is 5.55. The fourth-order valence-corrected chi connectivity index (χ4v) is 2.40. The van der Waals surface area contributed by atoms with Crippen molar-refractivity contribution < 1.29 is 5.11 Å². The van der Waals surface area contributed by atoms with E-state index in [0.29, 0.717) is 21.8 Å². The number of hydrogen-bond acceptors (Lipinski definition) is 3. The van der Waals surface area contributed by atoms with Crippen LogP contribution in [-0.4, -0.2) is 10.9 Å². The van der Waals surface area contributed by atoms with Crippen molar-refractivity contribution in [3.05, 3.63) is 64.7 Å². The summed E-state index contributed by atoms with van der Waals surface area (Å²) in [5.41, 5.74) is 6.52. The van der Waals surface area contributed by atoms with E-state index >= 15 is 0 Å². The Hall–Kier alpha value is -1.84. The van der Waals surface area contributed by atoms with E-state index in [-0.39, 0.29) is 5.84 Å². The van der Waals surface area contributed by atoms with Gasteiger partial charge >= 0.3 is 0 Å². The first kappa shape index (κ1) is 11.3. The molecule has 1 aliphatic heterocycles. The van der Waals surface area contributed by atoms with Crippen LogP contribution >= 0.6 is 11.6 Å². The molecule has 1 aliphatic rings. The average Bonchev–Trinajstić information content (AvgIpc) is 2.63. The lowest BCUT2D eigenvalue weighted by Gasteiger charge is -2.24. The van der Waals surface area contributed by atoms with Crippen LogP contribution in [0.4, 0.5) is 5.69 Å². The van der Waals surface area contributed by atoms with E-state index in [1.807, 2.05) is 30.3 Å². The lowest BCUT2D eigenvalue weighted by atomic mass is 9.86. The maximum Gasteiger partial charge on any atom is 0.174 e. The number of aliphatic imine (C=N–C) groups is 1. The van der Waals surface area contributed by atoms with Gasteiger partial charge in [0, 0.05) is 10.6 Å². The van der Waals surface area contributed by atoms with Crippen molar-refractivity contribution in [2.24, 2.45) is 10.7 Å². The summed E-state index contributed by atoms with van der Waals surface area (Å²) in [6, 6.07) is 14.4. The van der Waals surface area contributed by atoms with Gasteiger partial charge in [-0.1, -0.05) is 48.0 Å². The molecule has 0 saturated heterocycles. The van der Waals surface area contributed by atoms with Crippen LogP contribution in [0.3, 0.4) is 0 Å². The molecule has 0 bridgehead atoms. The minimum atomic E-state index is -1.36. The van der Waals surface area contributed by atoms with E-state index in [9.17, 15) is 5.11 Å². The second-order valence-electron chi connectivity index (χ2n) is 4.23. The molecular formula is C14H11ClN2O. The van der Waals surface area contributed by atoms with Crippen LogP contribution in [0.15, 0.2) is 53.5 Å². The first-order valence-corrected chi connectivity index (χ1v) is 5.93. The van der Waals surface area contributed by atoms with Gasteiger partial charge in [-0.05, 0) is 17.7 Å². The maximum absolute atomic E-state index is 10.9. The molecule has 3 N–H and O–H groups in total. The Kier molecular flexibility index (Phi) is 2.40. The summed E-state index contributed by atoms with van der Waals surface area (Å²) < 4.78 is 0. The van der Waals surface area contributed by atoms with E-state index in [1.54, 1.807) is 18.2 Å². The Labute approximate surface area is 110 Å². The minimum Gasteiger partial charge on any atom is -0.384 e. The van der Waals surface area contributed by atoms with E-state index in [1.165, 1.54) is 0 Å². The summed E-state index contributed by atoms with van der Waals surface area (Å²) in [4.78, 5) is 4.20. The van der Waals surface area contributed by atoms with Gasteiger partial charge in [-0.3, -0.25) is 0 Å². The summed E-state index contributed by atoms with van der Waals surface area (Å²) in [6.45, 7) is 0. The van der Waals surface area contributed by atoms with Crippen molar-refractivity contribution in [1.82, 2.24) is 0 Å². The predicted octanol–water partition coefficient (Wildman–Crippen LogP) is 2.58. The summed E-state index contributed by atoms with van der Waals surface area (Å²) in [6.07, 6.45) is 0. The molecule has 0 fully saturated rings. The molecule has 1 atom stereocenters. The van der Waals surface area contributed by atoms with Crippen LogP contribution in [0.1, 0.15) is 11.1 Å². The van der Waals surface area contributed by atoms with Crippen LogP contribution in [0, 0.1) is 0 Å². The third kappa shape index (κ3) is 1.45. The highest BCUT2D eigenvalue weighted by Gasteiger charge is 2.42. The molecule has 0 aliphatic carbocycles. The number of nitrogens with zero attached hydrogens (tertiary/aromatic N) is 1. The van der Waals surface area contributed by atoms with Gasteiger partial charge in [0.25, 0.3) is 0 Å². The van der Waals surface area contributed by atoms with Crippen LogP contribution in [-0.2, 0) is 5.60 Å². The molecule has 2 aromatic carbocycles. The molecule has 0 spiro atoms. The second kappa shape index (κ2) is 3.83. The van der Waals surface area contributed by atoms with Gasteiger partial charge in [-0.15, -0.1) is 0 Å². The van der Waals surface area contributed by atoms with Gasteiger partial charge < -0.3 is 10.8 Å². The van der Waals surface area contributed by atoms with Gasteiger partial charge in [0.15, 0.2) is 5.60 Å². The van der Waals surface area contributed by atoms with Crippen LogP contribution in [0.25, 0.3) is 0 Å². The van der Waals surface area contributed by atoms with Crippen molar-refractivity contribution in [2.45, 2.75) is 5.60 Å². The highest BCUT2D eigenvalue weighted by atomic mass is 35.5. The lowest BCUT2D eigenvalue weighted by Crippen LogP contribution is -2.39. The smallest absolute Gasteiger partial charge is 0.174 e. The third-order valence-corrected chi connectivity index (χ3v) is 3.39. The molecule has 3 rings (SSSR count). The first-order chi connectivity index (χ1) is 8.62. The number of hydrogen-bond donors (Lipinski definition) is 2. The quantitative estimate of drug-likeness (QED) is 0.826. The summed E-state index contributed by atoms with van der Waals surface area (Å²) >= 11 is 5.92. The summed E-state index contributed by atoms with van der Waals surface area (Å²) in [7, 11) is 0. The highest BCUT2D eigenvalue weighted by Crippen LogP contribution is 2.42. The number of halogens is 1. The van der Waals surface area contributed by atoms with Gasteiger partial charge in [-0.2, -0.15) is 0 Å². The van der Waals surface area contributed by atoms with E-state index in [4.69, 9.17) is 17.3 Å². The molecule has 0 aromatic heterocycles. The Morgan fingerprint density at radius 1 is 1.11 bits per heavy atom. The topological polar surface area (TPSA) is 58.6 Å². The average molecular weight is 259 g/mol. The molecule has 18 heavy (non-hydrogen) atoms. The number of amidine groups is 1. The van der Waals surface area contributed by atoms with Crippen molar-refractivity contribution in [2.75, 3.05) is 0 Å². The Balaban J connectivity index is 2.24.